The van der Waals surface area contributed by atoms with Gasteiger partial charge in [0.25, 0.3) is 5.91 Å². The van der Waals surface area contributed by atoms with Crippen LogP contribution in [0.5, 0.6) is 0 Å². The summed E-state index contributed by atoms with van der Waals surface area (Å²) in [5.74, 6) is -0.822. The number of imide groups is 1. The first kappa shape index (κ1) is 19.1. The van der Waals surface area contributed by atoms with Gasteiger partial charge in [-0.2, -0.15) is 0 Å². The molecule has 2 saturated heterocycles. The Morgan fingerprint density at radius 3 is 2.46 bits per heavy atom. The van der Waals surface area contributed by atoms with Crippen molar-refractivity contribution in [1.82, 2.24) is 9.96 Å². The maximum atomic E-state index is 13.1. The summed E-state index contributed by atoms with van der Waals surface area (Å²) in [5.41, 5.74) is -1.57. The first-order valence-electron chi connectivity index (χ1n) is 9.39. The summed E-state index contributed by atoms with van der Waals surface area (Å²) in [5, 5.41) is 1.58. The Hall–Kier alpha value is -1.67. The SMILES string of the molecule is CCOC(=O)[C@H]1C[C@@H]2C(=O)N(C(=O)OC(C)(C)C)C3(CCCCC3)N2O1. The molecule has 2 heterocycles. The van der Waals surface area contributed by atoms with Crippen LogP contribution in [0.25, 0.3) is 0 Å². The van der Waals surface area contributed by atoms with Gasteiger partial charge >= 0.3 is 12.1 Å². The van der Waals surface area contributed by atoms with E-state index in [1.54, 1.807) is 32.8 Å². The van der Waals surface area contributed by atoms with E-state index < -0.39 is 35.5 Å². The molecule has 1 spiro atoms. The lowest BCUT2D eigenvalue weighted by atomic mass is 9.88. The van der Waals surface area contributed by atoms with E-state index in [4.69, 9.17) is 14.3 Å². The molecule has 8 heteroatoms. The van der Waals surface area contributed by atoms with E-state index in [0.29, 0.717) is 12.8 Å². The third-order valence-electron chi connectivity index (χ3n) is 5.07. The third-order valence-corrected chi connectivity index (χ3v) is 5.07. The number of ether oxygens (including phenoxy) is 2. The Balaban J connectivity index is 1.88. The Bertz CT molecular complexity index is 593. The number of carbonyl (C=O) groups is 3. The Kier molecular flexibility index (Phi) is 5.00. The van der Waals surface area contributed by atoms with Crippen molar-refractivity contribution in [3.8, 4) is 0 Å². The molecule has 0 unspecified atom stereocenters. The van der Waals surface area contributed by atoms with E-state index >= 15 is 0 Å². The molecule has 3 fully saturated rings. The van der Waals surface area contributed by atoms with Crippen LogP contribution in [0.2, 0.25) is 0 Å². The van der Waals surface area contributed by atoms with Crippen LogP contribution in [0.3, 0.4) is 0 Å². The number of carbonyl (C=O) groups excluding carboxylic acids is 3. The van der Waals surface area contributed by atoms with Gasteiger partial charge in [-0.1, -0.05) is 6.42 Å². The summed E-state index contributed by atoms with van der Waals surface area (Å²) in [4.78, 5) is 45.0. The van der Waals surface area contributed by atoms with Crippen molar-refractivity contribution in [2.45, 2.75) is 89.6 Å². The van der Waals surface area contributed by atoms with E-state index in [0.717, 1.165) is 19.3 Å². The summed E-state index contributed by atoms with van der Waals surface area (Å²) in [7, 11) is 0. The number of esters is 1. The van der Waals surface area contributed by atoms with Gasteiger partial charge in [-0.3, -0.25) is 9.63 Å². The zero-order valence-electron chi connectivity index (χ0n) is 15.9. The average Bonchev–Trinajstić information content (AvgIpc) is 3.07. The van der Waals surface area contributed by atoms with Crippen molar-refractivity contribution in [2.24, 2.45) is 0 Å². The zero-order valence-corrected chi connectivity index (χ0v) is 15.9. The van der Waals surface area contributed by atoms with Gasteiger partial charge < -0.3 is 9.47 Å². The van der Waals surface area contributed by atoms with Crippen molar-refractivity contribution in [2.75, 3.05) is 6.61 Å². The summed E-state index contributed by atoms with van der Waals surface area (Å²) in [6.07, 6.45) is 2.77. The minimum atomic E-state index is -0.871. The Labute approximate surface area is 153 Å². The Morgan fingerprint density at radius 1 is 1.23 bits per heavy atom. The zero-order chi connectivity index (χ0) is 19.1. The topological polar surface area (TPSA) is 85.4 Å². The van der Waals surface area contributed by atoms with E-state index in [9.17, 15) is 14.4 Å². The van der Waals surface area contributed by atoms with E-state index in [1.165, 1.54) is 4.90 Å². The number of amides is 2. The molecule has 2 atom stereocenters. The summed E-state index contributed by atoms with van der Waals surface area (Å²) < 4.78 is 10.5. The molecule has 2 aliphatic heterocycles. The van der Waals surface area contributed by atoms with Gasteiger partial charge in [0.2, 0.25) is 0 Å². The number of nitrogens with zero attached hydrogens (tertiary/aromatic N) is 2. The van der Waals surface area contributed by atoms with Crippen LogP contribution < -0.4 is 0 Å². The molecule has 3 rings (SSSR count). The first-order chi connectivity index (χ1) is 12.2. The number of fused-ring (bicyclic) bond motifs is 2. The molecule has 0 aromatic heterocycles. The van der Waals surface area contributed by atoms with Crippen LogP contribution in [0.4, 0.5) is 4.79 Å². The lowest BCUT2D eigenvalue weighted by molar-refractivity contribution is -0.240. The highest BCUT2D eigenvalue weighted by Gasteiger charge is 2.65. The molecule has 0 aromatic carbocycles. The highest BCUT2D eigenvalue weighted by Crippen LogP contribution is 2.48. The van der Waals surface area contributed by atoms with Crippen molar-refractivity contribution in [1.29, 1.82) is 0 Å². The molecule has 3 aliphatic rings. The highest BCUT2D eigenvalue weighted by molar-refractivity contribution is 5.98. The number of rotatable bonds is 2. The summed E-state index contributed by atoms with van der Waals surface area (Å²) in [6.45, 7) is 7.30. The molecular formula is C18H28N2O6. The predicted octanol–water partition coefficient (Wildman–Crippen LogP) is 2.36. The molecular weight excluding hydrogens is 340 g/mol. The van der Waals surface area contributed by atoms with E-state index in [2.05, 4.69) is 0 Å². The van der Waals surface area contributed by atoms with Crippen LogP contribution in [-0.4, -0.2) is 57.9 Å². The minimum Gasteiger partial charge on any atom is -0.464 e. The van der Waals surface area contributed by atoms with Gasteiger partial charge in [0.15, 0.2) is 6.10 Å². The molecule has 1 aliphatic carbocycles. The molecule has 8 nitrogen and oxygen atoms in total. The maximum Gasteiger partial charge on any atom is 0.418 e. The van der Waals surface area contributed by atoms with Crippen molar-refractivity contribution >= 4 is 18.0 Å². The van der Waals surface area contributed by atoms with Gasteiger partial charge in [-0.25, -0.2) is 14.5 Å². The lowest BCUT2D eigenvalue weighted by Crippen LogP contribution is -2.58. The van der Waals surface area contributed by atoms with E-state index in [1.807, 2.05) is 0 Å². The maximum absolute atomic E-state index is 13.1. The molecule has 2 amide bonds. The second-order valence-electron chi connectivity index (χ2n) is 8.12. The normalized spacial score (nSPS) is 28.3. The van der Waals surface area contributed by atoms with Crippen LogP contribution in [0.1, 0.15) is 66.2 Å². The monoisotopic (exact) mass is 368 g/mol. The molecule has 0 N–H and O–H groups in total. The van der Waals surface area contributed by atoms with Crippen molar-refractivity contribution in [3.05, 3.63) is 0 Å². The van der Waals surface area contributed by atoms with Crippen LogP contribution in [-0.2, 0) is 23.9 Å². The first-order valence-corrected chi connectivity index (χ1v) is 9.39. The average molecular weight is 368 g/mol. The fourth-order valence-electron chi connectivity index (χ4n) is 4.10. The third kappa shape index (κ3) is 3.20. The lowest BCUT2D eigenvalue weighted by Gasteiger charge is -2.43. The molecule has 0 aromatic rings. The molecule has 1 saturated carbocycles. The standard InChI is InChI=1S/C18H28N2O6/c1-5-24-15(22)13-11-12-14(21)19(16(23)25-17(2,3)4)18(20(12)26-13)9-7-6-8-10-18/h12-13H,5-11H2,1-4H3/t12-,13-/m1/s1. The largest absolute Gasteiger partial charge is 0.464 e. The fourth-order valence-corrected chi connectivity index (χ4v) is 4.10. The minimum absolute atomic E-state index is 0.193. The second-order valence-corrected chi connectivity index (χ2v) is 8.12. The van der Waals surface area contributed by atoms with Crippen LogP contribution in [0, 0.1) is 0 Å². The molecule has 0 radical (unpaired) electrons. The van der Waals surface area contributed by atoms with Gasteiger partial charge in [0.05, 0.1) is 6.61 Å². The van der Waals surface area contributed by atoms with Gasteiger partial charge in [0, 0.05) is 6.42 Å². The van der Waals surface area contributed by atoms with Crippen LogP contribution >= 0.6 is 0 Å². The Morgan fingerprint density at radius 2 is 1.88 bits per heavy atom. The second kappa shape index (κ2) is 6.81. The van der Waals surface area contributed by atoms with Crippen molar-refractivity contribution in [3.63, 3.8) is 0 Å². The number of hydrogen-bond acceptors (Lipinski definition) is 7. The van der Waals surface area contributed by atoms with Gasteiger partial charge in [0.1, 0.15) is 17.3 Å². The quantitative estimate of drug-likeness (QED) is 0.692. The number of hydroxylamine groups is 2. The summed E-state index contributed by atoms with van der Waals surface area (Å²) >= 11 is 0. The summed E-state index contributed by atoms with van der Waals surface area (Å²) in [6, 6.07) is -0.657. The predicted molar refractivity (Wildman–Crippen MR) is 90.6 cm³/mol. The smallest absolute Gasteiger partial charge is 0.418 e. The number of hydrogen-bond donors (Lipinski definition) is 0. The van der Waals surface area contributed by atoms with Gasteiger partial charge in [-0.15, -0.1) is 5.06 Å². The highest BCUT2D eigenvalue weighted by atomic mass is 16.7. The van der Waals surface area contributed by atoms with Gasteiger partial charge in [-0.05, 0) is 53.4 Å². The van der Waals surface area contributed by atoms with Crippen LogP contribution in [0.15, 0.2) is 0 Å². The fraction of sp³-hybridized carbons (Fsp3) is 0.833. The van der Waals surface area contributed by atoms with E-state index in [-0.39, 0.29) is 18.9 Å². The van der Waals surface area contributed by atoms with Crippen molar-refractivity contribution < 1.29 is 28.7 Å². The molecule has 146 valence electrons. The molecule has 0 bridgehead atoms. The molecule has 26 heavy (non-hydrogen) atoms.